The molecule has 1 aromatic carbocycles. The van der Waals surface area contributed by atoms with Crippen LogP contribution in [0, 0.1) is 0 Å². The molecule has 1 aliphatic heterocycles. The molecule has 1 aliphatic rings. The van der Waals surface area contributed by atoms with Crippen molar-refractivity contribution in [3.8, 4) is 0 Å². The van der Waals surface area contributed by atoms with Gasteiger partial charge in [0.25, 0.3) is 0 Å². The summed E-state index contributed by atoms with van der Waals surface area (Å²) in [7, 11) is 0. The lowest BCUT2D eigenvalue weighted by molar-refractivity contribution is -0.138. The first-order valence-corrected chi connectivity index (χ1v) is 6.65. The number of rotatable bonds is 2. The van der Waals surface area contributed by atoms with Gasteiger partial charge in [-0.25, -0.2) is 0 Å². The van der Waals surface area contributed by atoms with Crippen molar-refractivity contribution >= 4 is 21.6 Å². The van der Waals surface area contributed by atoms with Crippen molar-refractivity contribution in [3.63, 3.8) is 0 Å². The summed E-state index contributed by atoms with van der Waals surface area (Å²) in [4.78, 5) is 2.01. The maximum Gasteiger partial charge on any atom is 0.416 e. The molecule has 0 aliphatic carbocycles. The van der Waals surface area contributed by atoms with E-state index in [1.165, 1.54) is 6.07 Å². The van der Waals surface area contributed by atoms with E-state index in [9.17, 15) is 13.2 Å². The van der Waals surface area contributed by atoms with Crippen molar-refractivity contribution in [2.45, 2.75) is 24.3 Å². The van der Waals surface area contributed by atoms with E-state index >= 15 is 0 Å². The van der Waals surface area contributed by atoms with E-state index < -0.39 is 11.7 Å². The van der Waals surface area contributed by atoms with Gasteiger partial charge in [0.05, 0.1) is 5.56 Å². The minimum atomic E-state index is -4.28. The average Bonchev–Trinajstić information content (AvgIpc) is 2.80. The molecule has 0 N–H and O–H groups in total. The number of alkyl halides is 4. The molecule has 0 radical (unpaired) electrons. The second kappa shape index (κ2) is 4.88. The van der Waals surface area contributed by atoms with Gasteiger partial charge in [-0.1, -0.05) is 22.0 Å². The first-order valence-electron chi connectivity index (χ1n) is 5.53. The van der Waals surface area contributed by atoms with Crippen LogP contribution < -0.4 is 4.90 Å². The minimum Gasteiger partial charge on any atom is -0.372 e. The molecule has 5 heteroatoms. The van der Waals surface area contributed by atoms with Gasteiger partial charge in [0.15, 0.2) is 0 Å². The molecule has 0 amide bonds. The van der Waals surface area contributed by atoms with Gasteiger partial charge in [0.2, 0.25) is 0 Å². The smallest absolute Gasteiger partial charge is 0.372 e. The Morgan fingerprint density at radius 1 is 1.18 bits per heavy atom. The predicted molar refractivity (Wildman–Crippen MR) is 65.5 cm³/mol. The zero-order chi connectivity index (χ0) is 12.5. The number of hydrogen-bond acceptors (Lipinski definition) is 1. The molecule has 1 heterocycles. The topological polar surface area (TPSA) is 3.24 Å². The van der Waals surface area contributed by atoms with Crippen LogP contribution in [0.1, 0.15) is 24.0 Å². The first kappa shape index (κ1) is 12.7. The molecule has 1 nitrogen and oxygen atoms in total. The second-order valence-electron chi connectivity index (χ2n) is 4.17. The third-order valence-electron chi connectivity index (χ3n) is 3.01. The monoisotopic (exact) mass is 307 g/mol. The Labute approximate surface area is 107 Å². The fourth-order valence-electron chi connectivity index (χ4n) is 2.12. The molecule has 0 atom stereocenters. The van der Waals surface area contributed by atoms with Gasteiger partial charge in [-0.3, -0.25) is 0 Å². The molecule has 0 spiro atoms. The van der Waals surface area contributed by atoms with Crippen molar-refractivity contribution in [2.75, 3.05) is 18.0 Å². The Morgan fingerprint density at radius 2 is 1.82 bits per heavy atom. The lowest BCUT2D eigenvalue weighted by atomic mass is 10.1. The van der Waals surface area contributed by atoms with Crippen molar-refractivity contribution in [3.05, 3.63) is 29.3 Å². The van der Waals surface area contributed by atoms with Crippen molar-refractivity contribution in [1.29, 1.82) is 0 Å². The number of anilines is 1. The lowest BCUT2D eigenvalue weighted by Crippen LogP contribution is -2.19. The number of nitrogens with zero attached hydrogens (tertiary/aromatic N) is 1. The molecule has 0 unspecified atom stereocenters. The summed E-state index contributed by atoms with van der Waals surface area (Å²) in [6.45, 7) is 1.70. The predicted octanol–water partition coefficient (Wildman–Crippen LogP) is 4.20. The van der Waals surface area contributed by atoms with E-state index in [2.05, 4.69) is 15.9 Å². The maximum absolute atomic E-state index is 12.9. The highest BCUT2D eigenvalue weighted by molar-refractivity contribution is 9.08. The van der Waals surface area contributed by atoms with Crippen LogP contribution in [0.2, 0.25) is 0 Å². The van der Waals surface area contributed by atoms with E-state index in [1.807, 2.05) is 4.90 Å². The highest BCUT2D eigenvalue weighted by Crippen LogP contribution is 2.36. The van der Waals surface area contributed by atoms with Crippen LogP contribution in [0.5, 0.6) is 0 Å². The van der Waals surface area contributed by atoms with Gasteiger partial charge >= 0.3 is 6.18 Å². The SMILES string of the molecule is FC(F)(F)c1cc(N2CCCC2)ccc1CBr. The average molecular weight is 308 g/mol. The third-order valence-corrected chi connectivity index (χ3v) is 3.62. The summed E-state index contributed by atoms with van der Waals surface area (Å²) in [6, 6.07) is 4.60. The quantitative estimate of drug-likeness (QED) is 0.740. The first-order chi connectivity index (χ1) is 8.02. The van der Waals surface area contributed by atoms with Crippen LogP contribution in [0.25, 0.3) is 0 Å². The molecule has 0 aromatic heterocycles. The van der Waals surface area contributed by atoms with Gasteiger partial charge in [-0.15, -0.1) is 0 Å². The lowest BCUT2D eigenvalue weighted by Gasteiger charge is -2.20. The fraction of sp³-hybridized carbons (Fsp3) is 0.500. The number of hydrogen-bond donors (Lipinski definition) is 0. The molecule has 1 saturated heterocycles. The molecular formula is C12H13BrF3N. The van der Waals surface area contributed by atoms with Crippen LogP contribution in [-0.4, -0.2) is 13.1 Å². The van der Waals surface area contributed by atoms with Crippen LogP contribution in [-0.2, 0) is 11.5 Å². The van der Waals surface area contributed by atoms with Crippen molar-refractivity contribution < 1.29 is 13.2 Å². The van der Waals surface area contributed by atoms with Gasteiger partial charge in [0, 0.05) is 24.1 Å². The van der Waals surface area contributed by atoms with Gasteiger partial charge < -0.3 is 4.90 Å². The van der Waals surface area contributed by atoms with Crippen LogP contribution in [0.3, 0.4) is 0 Å². The number of benzene rings is 1. The Kier molecular flexibility index (Phi) is 3.66. The molecule has 94 valence electrons. The van der Waals surface area contributed by atoms with E-state index in [4.69, 9.17) is 0 Å². The Balaban J connectivity index is 2.37. The summed E-state index contributed by atoms with van der Waals surface area (Å²) in [5, 5.41) is 0.224. The Morgan fingerprint density at radius 3 is 2.35 bits per heavy atom. The third kappa shape index (κ3) is 2.76. The highest BCUT2D eigenvalue weighted by Gasteiger charge is 2.33. The zero-order valence-corrected chi connectivity index (χ0v) is 10.8. The summed E-state index contributed by atoms with van der Waals surface area (Å²) < 4.78 is 38.6. The van der Waals surface area contributed by atoms with E-state index in [0.717, 1.165) is 25.9 Å². The summed E-state index contributed by atoms with van der Waals surface area (Å²) >= 11 is 3.10. The summed E-state index contributed by atoms with van der Waals surface area (Å²) in [5.74, 6) is 0. The van der Waals surface area contributed by atoms with Crippen LogP contribution >= 0.6 is 15.9 Å². The van der Waals surface area contributed by atoms with Crippen molar-refractivity contribution in [1.82, 2.24) is 0 Å². The Hall–Kier alpha value is -0.710. The van der Waals surface area contributed by atoms with Gasteiger partial charge in [0.1, 0.15) is 0 Å². The summed E-state index contributed by atoms with van der Waals surface area (Å²) in [6.07, 6.45) is -2.16. The van der Waals surface area contributed by atoms with Crippen molar-refractivity contribution in [2.24, 2.45) is 0 Å². The van der Waals surface area contributed by atoms with Crippen LogP contribution in [0.15, 0.2) is 18.2 Å². The van der Waals surface area contributed by atoms with Crippen LogP contribution in [0.4, 0.5) is 18.9 Å². The maximum atomic E-state index is 12.9. The highest BCUT2D eigenvalue weighted by atomic mass is 79.9. The summed E-state index contributed by atoms with van der Waals surface area (Å²) in [5.41, 5.74) is 0.443. The minimum absolute atomic E-state index is 0.224. The molecule has 1 fully saturated rings. The molecule has 2 rings (SSSR count). The molecule has 17 heavy (non-hydrogen) atoms. The second-order valence-corrected chi connectivity index (χ2v) is 4.73. The fourth-order valence-corrected chi connectivity index (χ4v) is 2.61. The zero-order valence-electron chi connectivity index (χ0n) is 9.23. The molecule has 1 aromatic rings. The standard InChI is InChI=1S/C12H13BrF3N/c13-8-9-3-4-10(17-5-1-2-6-17)7-11(9)12(14,15)16/h3-4,7H,1-2,5-6,8H2. The van der Waals surface area contributed by atoms with E-state index in [0.29, 0.717) is 11.3 Å². The molecule has 0 bridgehead atoms. The van der Waals surface area contributed by atoms with E-state index in [1.54, 1.807) is 12.1 Å². The Bertz CT molecular complexity index is 397. The normalized spacial score (nSPS) is 16.6. The molecular weight excluding hydrogens is 295 g/mol. The van der Waals surface area contributed by atoms with Gasteiger partial charge in [-0.05, 0) is 30.5 Å². The van der Waals surface area contributed by atoms with Gasteiger partial charge in [-0.2, -0.15) is 13.2 Å². The number of halogens is 4. The van der Waals surface area contributed by atoms with E-state index in [-0.39, 0.29) is 5.33 Å². The molecule has 0 saturated carbocycles. The largest absolute Gasteiger partial charge is 0.416 e.